The number of aromatic hydroxyl groups is 1. The normalized spacial score (nSPS) is 28.6. The Kier molecular flexibility index (Phi) is 3.40. The van der Waals surface area contributed by atoms with E-state index in [9.17, 15) is 9.90 Å². The van der Waals surface area contributed by atoms with E-state index in [-0.39, 0.29) is 11.7 Å². The van der Waals surface area contributed by atoms with Gasteiger partial charge in [0, 0.05) is 6.04 Å². The Balaban J connectivity index is 1.57. The van der Waals surface area contributed by atoms with Gasteiger partial charge in [-0.05, 0) is 48.8 Å². The zero-order valence-electron chi connectivity index (χ0n) is 10.7. The van der Waals surface area contributed by atoms with Crippen LogP contribution in [0, 0.1) is 11.8 Å². The highest BCUT2D eigenvalue weighted by molar-refractivity contribution is 6.32. The molecule has 2 fully saturated rings. The average Bonchev–Trinajstić information content (AvgIpc) is 2.96. The number of fused-ring (bicyclic) bond motifs is 2. The van der Waals surface area contributed by atoms with Gasteiger partial charge in [-0.2, -0.15) is 0 Å². The summed E-state index contributed by atoms with van der Waals surface area (Å²) in [4.78, 5) is 12.0. The van der Waals surface area contributed by atoms with Gasteiger partial charge < -0.3 is 10.4 Å². The van der Waals surface area contributed by atoms with E-state index in [2.05, 4.69) is 5.32 Å². The molecule has 4 heteroatoms. The van der Waals surface area contributed by atoms with Gasteiger partial charge in [0.05, 0.1) is 11.4 Å². The van der Waals surface area contributed by atoms with Crippen LogP contribution < -0.4 is 5.32 Å². The molecule has 0 heterocycles. The van der Waals surface area contributed by atoms with E-state index in [0.29, 0.717) is 23.4 Å². The highest BCUT2D eigenvalue weighted by Gasteiger charge is 2.39. The molecule has 0 radical (unpaired) electrons. The first-order chi connectivity index (χ1) is 9.11. The molecule has 2 aliphatic carbocycles. The molecule has 3 rings (SSSR count). The van der Waals surface area contributed by atoms with Gasteiger partial charge in [0.15, 0.2) is 0 Å². The van der Waals surface area contributed by atoms with Crippen molar-refractivity contribution < 1.29 is 9.90 Å². The molecule has 2 N–H and O–H groups in total. The van der Waals surface area contributed by atoms with E-state index in [4.69, 9.17) is 11.6 Å². The maximum Gasteiger partial charge on any atom is 0.224 e. The second-order valence-electron chi connectivity index (χ2n) is 5.81. The third kappa shape index (κ3) is 2.71. The quantitative estimate of drug-likeness (QED) is 0.894. The smallest absolute Gasteiger partial charge is 0.224 e. The minimum Gasteiger partial charge on any atom is -0.506 e. The molecule has 2 aliphatic rings. The van der Waals surface area contributed by atoms with Gasteiger partial charge >= 0.3 is 0 Å². The van der Waals surface area contributed by atoms with Gasteiger partial charge in [-0.1, -0.05) is 24.1 Å². The minimum atomic E-state index is 0.0546. The van der Waals surface area contributed by atoms with Crippen LogP contribution in [0.5, 0.6) is 5.75 Å². The van der Waals surface area contributed by atoms with Crippen LogP contribution in [0.2, 0.25) is 5.02 Å². The summed E-state index contributed by atoms with van der Waals surface area (Å²) >= 11 is 5.84. The number of hydrogen-bond donors (Lipinski definition) is 2. The minimum absolute atomic E-state index is 0.0546. The maximum absolute atomic E-state index is 12.0. The van der Waals surface area contributed by atoms with Gasteiger partial charge in [-0.3, -0.25) is 4.79 Å². The highest BCUT2D eigenvalue weighted by atomic mass is 35.5. The standard InChI is InChI=1S/C15H18ClNO2/c16-12-6-10(2-4-14(12)18)8-15(19)17-13-7-9-1-3-11(13)5-9/h2,4,6,9,11,13,18H,1,3,5,7-8H2,(H,17,19)/t9-,11+,13-/m1/s1. The Morgan fingerprint density at radius 3 is 2.84 bits per heavy atom. The van der Waals surface area contributed by atoms with E-state index in [0.717, 1.165) is 17.9 Å². The lowest BCUT2D eigenvalue weighted by molar-refractivity contribution is -0.121. The topological polar surface area (TPSA) is 49.3 Å². The zero-order chi connectivity index (χ0) is 13.4. The number of phenolic OH excluding ortho intramolecular Hbond substituents is 1. The molecule has 1 aromatic rings. The van der Waals surface area contributed by atoms with Gasteiger partial charge in [-0.15, -0.1) is 0 Å². The Morgan fingerprint density at radius 1 is 1.37 bits per heavy atom. The van der Waals surface area contributed by atoms with Crippen LogP contribution in [-0.2, 0) is 11.2 Å². The molecule has 19 heavy (non-hydrogen) atoms. The van der Waals surface area contributed by atoms with Crippen molar-refractivity contribution in [2.45, 2.75) is 38.1 Å². The number of carbonyl (C=O) groups excluding carboxylic acids is 1. The predicted molar refractivity (Wildman–Crippen MR) is 74.2 cm³/mol. The Labute approximate surface area is 118 Å². The molecule has 0 aliphatic heterocycles. The molecule has 1 aromatic carbocycles. The SMILES string of the molecule is O=C(Cc1ccc(O)c(Cl)c1)N[C@@H]1C[C@@H]2CC[C@H]1C2. The summed E-state index contributed by atoms with van der Waals surface area (Å²) in [5.74, 6) is 1.63. The Morgan fingerprint density at radius 2 is 2.21 bits per heavy atom. The summed E-state index contributed by atoms with van der Waals surface area (Å²) in [6.07, 6.45) is 5.36. The van der Waals surface area contributed by atoms with Gasteiger partial charge in [0.2, 0.25) is 5.91 Å². The van der Waals surface area contributed by atoms with Crippen molar-refractivity contribution >= 4 is 17.5 Å². The first-order valence-electron chi connectivity index (χ1n) is 6.88. The van der Waals surface area contributed by atoms with Crippen LogP contribution in [0.3, 0.4) is 0 Å². The van der Waals surface area contributed by atoms with E-state index in [1.54, 1.807) is 12.1 Å². The number of carbonyl (C=O) groups is 1. The van der Waals surface area contributed by atoms with Crippen molar-refractivity contribution in [3.05, 3.63) is 28.8 Å². The van der Waals surface area contributed by atoms with Crippen molar-refractivity contribution in [1.82, 2.24) is 5.32 Å². The lowest BCUT2D eigenvalue weighted by atomic mass is 9.95. The maximum atomic E-state index is 12.0. The fourth-order valence-corrected chi connectivity index (χ4v) is 3.73. The van der Waals surface area contributed by atoms with Gasteiger partial charge in [-0.25, -0.2) is 0 Å². The number of phenols is 1. The lowest BCUT2D eigenvalue weighted by Gasteiger charge is -2.22. The van der Waals surface area contributed by atoms with Crippen molar-refractivity contribution in [3.63, 3.8) is 0 Å². The van der Waals surface area contributed by atoms with Crippen molar-refractivity contribution in [2.24, 2.45) is 11.8 Å². The number of halogens is 1. The van der Waals surface area contributed by atoms with Crippen LogP contribution in [0.25, 0.3) is 0 Å². The molecule has 3 atom stereocenters. The first-order valence-corrected chi connectivity index (χ1v) is 7.26. The fourth-order valence-electron chi connectivity index (χ4n) is 3.53. The van der Waals surface area contributed by atoms with E-state index in [1.807, 2.05) is 0 Å². The number of nitrogens with one attached hydrogen (secondary N) is 1. The lowest BCUT2D eigenvalue weighted by Crippen LogP contribution is -2.39. The van der Waals surface area contributed by atoms with Crippen LogP contribution in [0.1, 0.15) is 31.2 Å². The van der Waals surface area contributed by atoms with Crippen molar-refractivity contribution in [3.8, 4) is 5.75 Å². The third-order valence-corrected chi connectivity index (χ3v) is 4.76. The summed E-state index contributed by atoms with van der Waals surface area (Å²) in [6.45, 7) is 0. The number of benzene rings is 1. The highest BCUT2D eigenvalue weighted by Crippen LogP contribution is 2.44. The van der Waals surface area contributed by atoms with E-state index >= 15 is 0 Å². The number of amides is 1. The largest absolute Gasteiger partial charge is 0.506 e. The summed E-state index contributed by atoms with van der Waals surface area (Å²) in [6, 6.07) is 5.29. The van der Waals surface area contributed by atoms with E-state index < -0.39 is 0 Å². The van der Waals surface area contributed by atoms with Crippen LogP contribution in [-0.4, -0.2) is 17.1 Å². The van der Waals surface area contributed by atoms with Crippen LogP contribution in [0.15, 0.2) is 18.2 Å². The number of hydrogen-bond acceptors (Lipinski definition) is 2. The Hall–Kier alpha value is -1.22. The molecule has 0 saturated heterocycles. The molecule has 0 spiro atoms. The molecule has 102 valence electrons. The monoisotopic (exact) mass is 279 g/mol. The van der Waals surface area contributed by atoms with Crippen LogP contribution >= 0.6 is 11.6 Å². The van der Waals surface area contributed by atoms with Crippen molar-refractivity contribution in [1.29, 1.82) is 0 Å². The molecular weight excluding hydrogens is 262 g/mol. The van der Waals surface area contributed by atoms with E-state index in [1.165, 1.54) is 25.3 Å². The summed E-state index contributed by atoms with van der Waals surface area (Å²) in [7, 11) is 0. The van der Waals surface area contributed by atoms with Gasteiger partial charge in [0.25, 0.3) is 0 Å². The third-order valence-electron chi connectivity index (χ3n) is 4.46. The zero-order valence-corrected chi connectivity index (χ0v) is 11.5. The summed E-state index contributed by atoms with van der Waals surface area (Å²) in [5.41, 5.74) is 0.837. The first kappa shape index (κ1) is 12.8. The second kappa shape index (κ2) is 5.04. The van der Waals surface area contributed by atoms with Crippen molar-refractivity contribution in [2.75, 3.05) is 0 Å². The molecule has 2 bridgehead atoms. The second-order valence-corrected chi connectivity index (χ2v) is 6.22. The fraction of sp³-hybridized carbons (Fsp3) is 0.533. The molecule has 1 amide bonds. The van der Waals surface area contributed by atoms with Crippen LogP contribution in [0.4, 0.5) is 0 Å². The number of rotatable bonds is 3. The predicted octanol–water partition coefficient (Wildman–Crippen LogP) is 2.89. The molecular formula is C15H18ClNO2. The summed E-state index contributed by atoms with van der Waals surface area (Å²) < 4.78 is 0. The molecule has 0 unspecified atom stereocenters. The van der Waals surface area contributed by atoms with Gasteiger partial charge in [0.1, 0.15) is 5.75 Å². The molecule has 0 aromatic heterocycles. The Bertz CT molecular complexity index is 503. The average molecular weight is 280 g/mol. The summed E-state index contributed by atoms with van der Waals surface area (Å²) in [5, 5.41) is 12.8. The molecule has 2 saturated carbocycles. The molecule has 3 nitrogen and oxygen atoms in total.